The van der Waals surface area contributed by atoms with Crippen molar-refractivity contribution in [3.05, 3.63) is 86.3 Å². The number of ether oxygens (including phenoxy) is 1. The van der Waals surface area contributed by atoms with Gasteiger partial charge in [-0.05, 0) is 25.0 Å². The van der Waals surface area contributed by atoms with Crippen LogP contribution in [0.25, 0.3) is 0 Å². The summed E-state index contributed by atoms with van der Waals surface area (Å²) in [5.41, 5.74) is 1.38. The van der Waals surface area contributed by atoms with Gasteiger partial charge in [-0.25, -0.2) is 9.78 Å². The van der Waals surface area contributed by atoms with Crippen molar-refractivity contribution in [3.63, 3.8) is 0 Å². The van der Waals surface area contributed by atoms with Crippen molar-refractivity contribution in [1.29, 1.82) is 0 Å². The zero-order valence-electron chi connectivity index (χ0n) is 15.3. The molecule has 0 atom stereocenters. The van der Waals surface area contributed by atoms with E-state index in [-0.39, 0.29) is 18.7 Å². The second kappa shape index (κ2) is 8.81. The number of amides is 1. The lowest BCUT2D eigenvalue weighted by Gasteiger charge is -2.08. The molecule has 0 aliphatic rings. The highest BCUT2D eigenvalue weighted by atomic mass is 16.5. The van der Waals surface area contributed by atoms with Crippen molar-refractivity contribution in [2.24, 2.45) is 0 Å². The Hall–Kier alpha value is -3.68. The Morgan fingerprint density at radius 3 is 2.57 bits per heavy atom. The van der Waals surface area contributed by atoms with E-state index in [2.05, 4.69) is 20.3 Å². The molecule has 1 amide bonds. The first-order valence-electron chi connectivity index (χ1n) is 8.76. The molecule has 2 heterocycles. The van der Waals surface area contributed by atoms with E-state index in [1.165, 1.54) is 6.20 Å². The number of hydrogen-bond donors (Lipinski definition) is 3. The summed E-state index contributed by atoms with van der Waals surface area (Å²) in [5.74, 6) is 0.196. The maximum Gasteiger partial charge on any atom is 0.325 e. The van der Waals surface area contributed by atoms with Crippen molar-refractivity contribution < 1.29 is 9.53 Å². The van der Waals surface area contributed by atoms with Crippen LogP contribution in [0.15, 0.2) is 58.3 Å². The van der Waals surface area contributed by atoms with E-state index in [0.29, 0.717) is 29.4 Å². The Bertz CT molecular complexity index is 1060. The first-order chi connectivity index (χ1) is 13.5. The number of hydrogen-bond acceptors (Lipinski definition) is 5. The van der Waals surface area contributed by atoms with Crippen LogP contribution >= 0.6 is 0 Å². The fraction of sp³-hybridized carbons (Fsp3) is 0.200. The minimum atomic E-state index is -0.559. The molecule has 28 heavy (non-hydrogen) atoms. The summed E-state index contributed by atoms with van der Waals surface area (Å²) in [6.45, 7) is 2.04. The molecule has 0 spiro atoms. The van der Waals surface area contributed by atoms with Crippen molar-refractivity contribution in [2.75, 3.05) is 5.32 Å². The minimum absolute atomic E-state index is 0.0994. The van der Waals surface area contributed by atoms with Gasteiger partial charge in [-0.2, -0.15) is 0 Å². The number of aromatic amines is 2. The topological polar surface area (TPSA) is 117 Å². The number of aryl methyl sites for hydroxylation is 1. The molecule has 0 saturated carbocycles. The summed E-state index contributed by atoms with van der Waals surface area (Å²) < 4.78 is 5.60. The molecular formula is C20H20N4O4. The molecule has 0 bridgehead atoms. The first-order valence-corrected chi connectivity index (χ1v) is 8.76. The number of carbonyl (C=O) groups excluding carboxylic acids is 1. The second-order valence-electron chi connectivity index (χ2n) is 6.22. The molecule has 0 aliphatic carbocycles. The quantitative estimate of drug-likeness (QED) is 0.579. The Balaban J connectivity index is 1.52. The SMILES string of the molecule is Cc1[nH]c(=O)[nH]c(=O)c1CCC(=O)Nc1ccc(OCc2ccccc2)nc1. The van der Waals surface area contributed by atoms with E-state index < -0.39 is 11.2 Å². The Labute approximate surface area is 160 Å². The van der Waals surface area contributed by atoms with Crippen molar-refractivity contribution >= 4 is 11.6 Å². The van der Waals surface area contributed by atoms with Gasteiger partial charge >= 0.3 is 5.69 Å². The van der Waals surface area contributed by atoms with Crippen molar-refractivity contribution in [3.8, 4) is 5.88 Å². The maximum atomic E-state index is 12.1. The summed E-state index contributed by atoms with van der Waals surface area (Å²) in [7, 11) is 0. The molecule has 0 saturated heterocycles. The maximum absolute atomic E-state index is 12.1. The van der Waals surface area contributed by atoms with Crippen molar-refractivity contribution in [1.82, 2.24) is 15.0 Å². The molecule has 8 heteroatoms. The molecule has 3 rings (SSSR count). The van der Waals surface area contributed by atoms with Crippen LogP contribution in [0.2, 0.25) is 0 Å². The lowest BCUT2D eigenvalue weighted by atomic mass is 10.1. The Morgan fingerprint density at radius 2 is 1.89 bits per heavy atom. The van der Waals surface area contributed by atoms with E-state index in [1.807, 2.05) is 30.3 Å². The number of nitrogens with zero attached hydrogens (tertiary/aromatic N) is 1. The van der Waals surface area contributed by atoms with E-state index in [0.717, 1.165) is 5.56 Å². The van der Waals surface area contributed by atoms with Gasteiger partial charge in [-0.15, -0.1) is 0 Å². The van der Waals surface area contributed by atoms with Gasteiger partial charge < -0.3 is 15.0 Å². The van der Waals surface area contributed by atoms with Crippen LogP contribution in [-0.4, -0.2) is 20.9 Å². The van der Waals surface area contributed by atoms with Crippen LogP contribution in [0.3, 0.4) is 0 Å². The molecule has 0 unspecified atom stereocenters. The summed E-state index contributed by atoms with van der Waals surface area (Å²) in [6, 6.07) is 13.1. The highest BCUT2D eigenvalue weighted by molar-refractivity contribution is 5.90. The largest absolute Gasteiger partial charge is 0.473 e. The van der Waals surface area contributed by atoms with E-state index in [9.17, 15) is 14.4 Å². The average Bonchev–Trinajstić information content (AvgIpc) is 2.67. The summed E-state index contributed by atoms with van der Waals surface area (Å²) >= 11 is 0. The molecular weight excluding hydrogens is 360 g/mol. The Kier molecular flexibility index (Phi) is 6.01. The number of nitrogens with one attached hydrogen (secondary N) is 3. The number of carbonyl (C=O) groups is 1. The van der Waals surface area contributed by atoms with Crippen molar-refractivity contribution in [2.45, 2.75) is 26.4 Å². The number of anilines is 1. The van der Waals surface area contributed by atoms with E-state index >= 15 is 0 Å². The number of benzene rings is 1. The number of H-pyrrole nitrogens is 2. The van der Waals surface area contributed by atoms with E-state index in [4.69, 9.17) is 4.74 Å². The minimum Gasteiger partial charge on any atom is -0.473 e. The van der Waals surface area contributed by atoms with Crippen LogP contribution in [0.4, 0.5) is 5.69 Å². The van der Waals surface area contributed by atoms with Crippen LogP contribution < -0.4 is 21.3 Å². The predicted octanol–water partition coefficient (Wildman–Crippen LogP) is 1.92. The summed E-state index contributed by atoms with van der Waals surface area (Å²) in [4.78, 5) is 44.0. The molecule has 0 aliphatic heterocycles. The van der Waals surface area contributed by atoms with Gasteiger partial charge in [0.1, 0.15) is 6.61 Å². The fourth-order valence-electron chi connectivity index (χ4n) is 2.66. The number of aromatic nitrogens is 3. The third-order valence-electron chi connectivity index (χ3n) is 4.11. The third kappa shape index (κ3) is 5.16. The summed E-state index contributed by atoms with van der Waals surface area (Å²) in [5, 5.41) is 2.72. The van der Waals surface area contributed by atoms with Crippen LogP contribution in [0.1, 0.15) is 23.2 Å². The van der Waals surface area contributed by atoms with Crippen LogP contribution in [-0.2, 0) is 17.8 Å². The van der Waals surface area contributed by atoms with E-state index in [1.54, 1.807) is 19.1 Å². The second-order valence-corrected chi connectivity index (χ2v) is 6.22. The highest BCUT2D eigenvalue weighted by Crippen LogP contribution is 2.14. The number of rotatable bonds is 7. The molecule has 0 fully saturated rings. The standard InChI is InChI=1S/C20H20N4O4/c1-13-16(19(26)24-20(27)22-13)8-9-17(25)23-15-7-10-18(21-11-15)28-12-14-5-3-2-4-6-14/h2-7,10-11H,8-9,12H2,1H3,(H,23,25)(H2,22,24,26,27). The first kappa shape index (κ1) is 19.1. The van der Waals surface area contributed by atoms with Gasteiger partial charge in [0.25, 0.3) is 5.56 Å². The van der Waals surface area contributed by atoms with Gasteiger partial charge in [0.15, 0.2) is 0 Å². The fourth-order valence-corrected chi connectivity index (χ4v) is 2.66. The Morgan fingerprint density at radius 1 is 1.11 bits per heavy atom. The molecule has 8 nitrogen and oxygen atoms in total. The molecule has 3 N–H and O–H groups in total. The molecule has 0 radical (unpaired) electrons. The number of pyridine rings is 1. The smallest absolute Gasteiger partial charge is 0.325 e. The summed E-state index contributed by atoms with van der Waals surface area (Å²) in [6.07, 6.45) is 1.83. The average molecular weight is 380 g/mol. The normalized spacial score (nSPS) is 10.5. The van der Waals surface area contributed by atoms with Gasteiger partial charge in [0, 0.05) is 23.7 Å². The van der Waals surface area contributed by atoms with Gasteiger partial charge in [-0.1, -0.05) is 30.3 Å². The molecule has 144 valence electrons. The monoisotopic (exact) mass is 380 g/mol. The molecule has 2 aromatic heterocycles. The lowest BCUT2D eigenvalue weighted by molar-refractivity contribution is -0.116. The highest BCUT2D eigenvalue weighted by Gasteiger charge is 2.10. The van der Waals surface area contributed by atoms with Crippen LogP contribution in [0.5, 0.6) is 5.88 Å². The van der Waals surface area contributed by atoms with Gasteiger partial charge in [0.2, 0.25) is 11.8 Å². The molecule has 1 aromatic carbocycles. The van der Waals surface area contributed by atoms with Gasteiger partial charge in [-0.3, -0.25) is 14.6 Å². The third-order valence-corrected chi connectivity index (χ3v) is 4.11. The zero-order chi connectivity index (χ0) is 19.9. The van der Waals surface area contributed by atoms with Gasteiger partial charge in [0.05, 0.1) is 11.9 Å². The molecule has 3 aromatic rings. The zero-order valence-corrected chi connectivity index (χ0v) is 15.3. The lowest BCUT2D eigenvalue weighted by Crippen LogP contribution is -2.27. The predicted molar refractivity (Wildman–Crippen MR) is 104 cm³/mol. The van der Waals surface area contributed by atoms with Crippen LogP contribution in [0, 0.1) is 6.92 Å².